The van der Waals surface area contributed by atoms with Crippen molar-refractivity contribution < 1.29 is 0 Å². The van der Waals surface area contributed by atoms with Crippen LogP contribution in [0.5, 0.6) is 0 Å². The molecule has 0 radical (unpaired) electrons. The molecule has 1 fully saturated rings. The van der Waals surface area contributed by atoms with Gasteiger partial charge in [-0.1, -0.05) is 31.0 Å². The summed E-state index contributed by atoms with van der Waals surface area (Å²) < 4.78 is 0. The van der Waals surface area contributed by atoms with Gasteiger partial charge in [0, 0.05) is 10.3 Å². The second-order valence-electron chi connectivity index (χ2n) is 4.58. The predicted molar refractivity (Wildman–Crippen MR) is 73.4 cm³/mol. The first-order chi connectivity index (χ1) is 7.84. The third kappa shape index (κ3) is 4.03. The van der Waals surface area contributed by atoms with Gasteiger partial charge in [-0.2, -0.15) is 0 Å². The van der Waals surface area contributed by atoms with Crippen LogP contribution in [0, 0.1) is 5.92 Å². The standard InChI is InChI=1S/C14H19ClS/c15-13-6-4-5-12(11-13)9-10-16-14-7-2-1-3-8-14/h1-3,7-8,12-13H,4-6,9-11H2. The van der Waals surface area contributed by atoms with Crippen molar-refractivity contribution in [1.82, 2.24) is 0 Å². The molecule has 88 valence electrons. The minimum absolute atomic E-state index is 0.445. The first-order valence-corrected chi connectivity index (χ1v) is 7.58. The van der Waals surface area contributed by atoms with Crippen molar-refractivity contribution in [2.24, 2.45) is 5.92 Å². The van der Waals surface area contributed by atoms with Crippen molar-refractivity contribution >= 4 is 23.4 Å². The molecule has 2 heteroatoms. The molecule has 16 heavy (non-hydrogen) atoms. The van der Waals surface area contributed by atoms with Crippen LogP contribution in [0.25, 0.3) is 0 Å². The summed E-state index contributed by atoms with van der Waals surface area (Å²) in [5.74, 6) is 2.10. The topological polar surface area (TPSA) is 0 Å². The molecule has 0 heterocycles. The van der Waals surface area contributed by atoms with Crippen LogP contribution in [0.1, 0.15) is 32.1 Å². The van der Waals surface area contributed by atoms with Gasteiger partial charge in [0.05, 0.1) is 0 Å². The lowest BCUT2D eigenvalue weighted by Gasteiger charge is -2.25. The van der Waals surface area contributed by atoms with E-state index in [0.717, 1.165) is 5.92 Å². The zero-order valence-corrected chi connectivity index (χ0v) is 11.1. The summed E-state index contributed by atoms with van der Waals surface area (Å²) in [6, 6.07) is 10.7. The minimum atomic E-state index is 0.445. The molecular formula is C14H19ClS. The minimum Gasteiger partial charge on any atom is -0.126 e. The van der Waals surface area contributed by atoms with E-state index in [4.69, 9.17) is 11.6 Å². The zero-order chi connectivity index (χ0) is 11.2. The first-order valence-electron chi connectivity index (χ1n) is 6.16. The molecule has 2 atom stereocenters. The van der Waals surface area contributed by atoms with Crippen LogP contribution in [0.3, 0.4) is 0 Å². The van der Waals surface area contributed by atoms with Gasteiger partial charge in [0.2, 0.25) is 0 Å². The van der Waals surface area contributed by atoms with Crippen molar-refractivity contribution in [1.29, 1.82) is 0 Å². The molecule has 0 saturated heterocycles. The second-order valence-corrected chi connectivity index (χ2v) is 6.37. The molecular weight excluding hydrogens is 236 g/mol. The van der Waals surface area contributed by atoms with E-state index in [1.54, 1.807) is 0 Å². The first kappa shape index (κ1) is 12.3. The van der Waals surface area contributed by atoms with Crippen LogP contribution >= 0.6 is 23.4 Å². The van der Waals surface area contributed by atoms with E-state index in [-0.39, 0.29) is 0 Å². The number of hydrogen-bond acceptors (Lipinski definition) is 1. The van der Waals surface area contributed by atoms with Crippen LogP contribution in [-0.4, -0.2) is 11.1 Å². The molecule has 1 aromatic carbocycles. The normalized spacial score (nSPS) is 25.6. The Balaban J connectivity index is 1.68. The Morgan fingerprint density at radius 2 is 2.00 bits per heavy atom. The summed E-state index contributed by atoms with van der Waals surface area (Å²) in [4.78, 5) is 1.39. The lowest BCUT2D eigenvalue weighted by molar-refractivity contribution is 0.356. The molecule has 1 aliphatic rings. The highest BCUT2D eigenvalue weighted by atomic mass is 35.5. The largest absolute Gasteiger partial charge is 0.126 e. The van der Waals surface area contributed by atoms with Crippen molar-refractivity contribution in [2.45, 2.75) is 42.4 Å². The molecule has 0 nitrogen and oxygen atoms in total. The maximum Gasteiger partial charge on any atom is 0.0338 e. The number of halogens is 1. The fourth-order valence-corrected chi connectivity index (χ4v) is 3.79. The van der Waals surface area contributed by atoms with E-state index >= 15 is 0 Å². The second kappa shape index (κ2) is 6.56. The molecule has 1 aliphatic carbocycles. The highest BCUT2D eigenvalue weighted by Gasteiger charge is 2.19. The smallest absolute Gasteiger partial charge is 0.0338 e. The molecule has 0 N–H and O–H groups in total. The summed E-state index contributed by atoms with van der Waals surface area (Å²) in [5.41, 5.74) is 0. The molecule has 0 amide bonds. The van der Waals surface area contributed by atoms with E-state index in [1.165, 1.54) is 42.8 Å². The van der Waals surface area contributed by atoms with E-state index in [9.17, 15) is 0 Å². The van der Waals surface area contributed by atoms with E-state index < -0.39 is 0 Å². The zero-order valence-electron chi connectivity index (χ0n) is 9.57. The van der Waals surface area contributed by atoms with Crippen molar-refractivity contribution in [3.8, 4) is 0 Å². The molecule has 0 spiro atoms. The molecule has 0 aromatic heterocycles. The monoisotopic (exact) mass is 254 g/mol. The molecule has 1 aromatic rings. The quantitative estimate of drug-likeness (QED) is 0.540. The predicted octanol–water partition coefficient (Wildman–Crippen LogP) is 4.97. The average molecular weight is 255 g/mol. The van der Waals surface area contributed by atoms with E-state index in [0.29, 0.717) is 5.38 Å². The molecule has 2 rings (SSSR count). The van der Waals surface area contributed by atoms with E-state index in [1.807, 2.05) is 11.8 Å². The Kier molecular flexibility index (Phi) is 5.05. The van der Waals surface area contributed by atoms with Crippen LogP contribution in [0.4, 0.5) is 0 Å². The molecule has 2 unspecified atom stereocenters. The SMILES string of the molecule is ClC1CCCC(CCSc2ccccc2)C1. The van der Waals surface area contributed by atoms with Crippen LogP contribution in [-0.2, 0) is 0 Å². The van der Waals surface area contributed by atoms with Gasteiger partial charge in [0.1, 0.15) is 0 Å². The maximum atomic E-state index is 6.20. The van der Waals surface area contributed by atoms with Gasteiger partial charge in [0.25, 0.3) is 0 Å². The summed E-state index contributed by atoms with van der Waals surface area (Å²) in [6.45, 7) is 0. The van der Waals surface area contributed by atoms with E-state index in [2.05, 4.69) is 30.3 Å². The Morgan fingerprint density at radius 1 is 1.19 bits per heavy atom. The summed E-state index contributed by atoms with van der Waals surface area (Å²) >= 11 is 8.17. The van der Waals surface area contributed by atoms with Crippen molar-refractivity contribution in [3.05, 3.63) is 30.3 Å². The van der Waals surface area contributed by atoms with Gasteiger partial charge in [-0.25, -0.2) is 0 Å². The molecule has 1 saturated carbocycles. The van der Waals surface area contributed by atoms with Gasteiger partial charge < -0.3 is 0 Å². The molecule has 0 aliphatic heterocycles. The highest BCUT2D eigenvalue weighted by molar-refractivity contribution is 7.99. The summed E-state index contributed by atoms with van der Waals surface area (Å²) in [7, 11) is 0. The van der Waals surface area contributed by atoms with Gasteiger partial charge in [-0.05, 0) is 43.1 Å². The Hall–Kier alpha value is -0.140. The van der Waals surface area contributed by atoms with Gasteiger partial charge >= 0.3 is 0 Å². The van der Waals surface area contributed by atoms with Crippen LogP contribution in [0.2, 0.25) is 0 Å². The third-order valence-corrected chi connectivity index (χ3v) is 4.70. The van der Waals surface area contributed by atoms with Crippen molar-refractivity contribution in [2.75, 3.05) is 5.75 Å². The number of hydrogen-bond donors (Lipinski definition) is 0. The number of thioether (sulfide) groups is 1. The highest BCUT2D eigenvalue weighted by Crippen LogP contribution is 2.31. The number of rotatable bonds is 4. The van der Waals surface area contributed by atoms with Crippen molar-refractivity contribution in [3.63, 3.8) is 0 Å². The van der Waals surface area contributed by atoms with Gasteiger partial charge in [-0.3, -0.25) is 0 Å². The Morgan fingerprint density at radius 3 is 2.75 bits per heavy atom. The number of benzene rings is 1. The van der Waals surface area contributed by atoms with Crippen LogP contribution < -0.4 is 0 Å². The Labute approximate surface area is 108 Å². The fourth-order valence-electron chi connectivity index (χ4n) is 2.35. The Bertz CT molecular complexity index is 299. The fraction of sp³-hybridized carbons (Fsp3) is 0.571. The average Bonchev–Trinajstić information content (AvgIpc) is 2.30. The summed E-state index contributed by atoms with van der Waals surface area (Å²) in [5, 5.41) is 0.445. The lowest BCUT2D eigenvalue weighted by atomic mass is 9.87. The van der Waals surface area contributed by atoms with Gasteiger partial charge in [-0.15, -0.1) is 23.4 Å². The lowest BCUT2D eigenvalue weighted by Crippen LogP contribution is -2.15. The van der Waals surface area contributed by atoms with Crippen LogP contribution in [0.15, 0.2) is 35.2 Å². The van der Waals surface area contributed by atoms with Gasteiger partial charge in [0.15, 0.2) is 0 Å². The summed E-state index contributed by atoms with van der Waals surface area (Å²) in [6.07, 6.45) is 6.50. The molecule has 0 bridgehead atoms. The third-order valence-electron chi connectivity index (χ3n) is 3.26. The maximum absolute atomic E-state index is 6.20. The number of alkyl halides is 1.